The van der Waals surface area contributed by atoms with Crippen molar-refractivity contribution in [1.29, 1.82) is 0 Å². The largest absolute Gasteiger partial charge is 0.480 e. The molecule has 5 nitrogen and oxygen atoms in total. The standard InChI is InChI=1S/C9H16N2O3/c1-9(2)8(14)10(3)4-5-11(9)6-7(12)13/h4-6H2,1-3H3,(H,12,13). The summed E-state index contributed by atoms with van der Waals surface area (Å²) in [6, 6.07) is 0. The van der Waals surface area contributed by atoms with Gasteiger partial charge in [-0.2, -0.15) is 0 Å². The Hall–Kier alpha value is -1.10. The number of amides is 1. The van der Waals surface area contributed by atoms with Crippen LogP contribution in [0, 0.1) is 0 Å². The van der Waals surface area contributed by atoms with Gasteiger partial charge in [-0.15, -0.1) is 0 Å². The lowest BCUT2D eigenvalue weighted by atomic mass is 9.98. The molecule has 0 radical (unpaired) electrons. The molecule has 1 amide bonds. The van der Waals surface area contributed by atoms with Crippen molar-refractivity contribution in [2.45, 2.75) is 19.4 Å². The van der Waals surface area contributed by atoms with Crippen molar-refractivity contribution in [3.8, 4) is 0 Å². The van der Waals surface area contributed by atoms with Crippen molar-refractivity contribution in [3.63, 3.8) is 0 Å². The van der Waals surface area contributed by atoms with Crippen molar-refractivity contribution in [2.75, 3.05) is 26.7 Å². The van der Waals surface area contributed by atoms with Gasteiger partial charge in [0.25, 0.3) is 0 Å². The molecule has 80 valence electrons. The van der Waals surface area contributed by atoms with E-state index in [0.717, 1.165) is 0 Å². The van der Waals surface area contributed by atoms with Crippen LogP contribution in [0.4, 0.5) is 0 Å². The zero-order valence-electron chi connectivity index (χ0n) is 8.78. The highest BCUT2D eigenvalue weighted by Crippen LogP contribution is 2.20. The van der Waals surface area contributed by atoms with Gasteiger partial charge in [-0.25, -0.2) is 0 Å². The lowest BCUT2D eigenvalue weighted by Crippen LogP contribution is -2.62. The third kappa shape index (κ3) is 1.87. The van der Waals surface area contributed by atoms with E-state index in [4.69, 9.17) is 5.11 Å². The van der Waals surface area contributed by atoms with Crippen LogP contribution >= 0.6 is 0 Å². The maximum Gasteiger partial charge on any atom is 0.317 e. The van der Waals surface area contributed by atoms with Crippen LogP contribution in [-0.2, 0) is 9.59 Å². The molecule has 0 bridgehead atoms. The average molecular weight is 200 g/mol. The number of likely N-dealkylation sites (N-methyl/N-ethyl adjacent to an activating group) is 1. The van der Waals surface area contributed by atoms with Crippen molar-refractivity contribution < 1.29 is 14.7 Å². The van der Waals surface area contributed by atoms with Gasteiger partial charge in [0, 0.05) is 20.1 Å². The van der Waals surface area contributed by atoms with Crippen LogP contribution in [0.5, 0.6) is 0 Å². The number of hydrogen-bond donors (Lipinski definition) is 1. The predicted octanol–water partition coefficient (Wildman–Crippen LogP) is -0.376. The summed E-state index contributed by atoms with van der Waals surface area (Å²) >= 11 is 0. The lowest BCUT2D eigenvalue weighted by molar-refractivity contribution is -0.151. The highest BCUT2D eigenvalue weighted by atomic mass is 16.4. The molecule has 1 N–H and O–H groups in total. The monoisotopic (exact) mass is 200 g/mol. The average Bonchev–Trinajstić information content (AvgIpc) is 2.07. The highest BCUT2D eigenvalue weighted by Gasteiger charge is 2.40. The number of rotatable bonds is 2. The van der Waals surface area contributed by atoms with Gasteiger partial charge in [0.1, 0.15) is 0 Å². The number of aliphatic carboxylic acids is 1. The first-order valence-corrected chi connectivity index (χ1v) is 4.58. The Morgan fingerprint density at radius 3 is 2.57 bits per heavy atom. The smallest absolute Gasteiger partial charge is 0.317 e. The Balaban J connectivity index is 2.79. The maximum absolute atomic E-state index is 11.7. The fourth-order valence-electron chi connectivity index (χ4n) is 1.69. The van der Waals surface area contributed by atoms with E-state index < -0.39 is 11.5 Å². The summed E-state index contributed by atoms with van der Waals surface area (Å²) in [5.41, 5.74) is -0.703. The molecule has 0 aliphatic carbocycles. The Kier molecular flexibility index (Phi) is 2.80. The summed E-state index contributed by atoms with van der Waals surface area (Å²) in [5, 5.41) is 8.68. The van der Waals surface area contributed by atoms with Gasteiger partial charge in [0.05, 0.1) is 12.1 Å². The van der Waals surface area contributed by atoms with Crippen molar-refractivity contribution in [2.24, 2.45) is 0 Å². The van der Waals surface area contributed by atoms with Crippen molar-refractivity contribution >= 4 is 11.9 Å². The first-order valence-electron chi connectivity index (χ1n) is 4.58. The van der Waals surface area contributed by atoms with Crippen LogP contribution in [0.1, 0.15) is 13.8 Å². The minimum absolute atomic E-state index is 0.0231. The summed E-state index contributed by atoms with van der Waals surface area (Å²) in [5.74, 6) is -0.916. The number of carbonyl (C=O) groups excluding carboxylic acids is 1. The van der Waals surface area contributed by atoms with Gasteiger partial charge in [-0.1, -0.05) is 0 Å². The van der Waals surface area contributed by atoms with E-state index in [1.807, 2.05) is 0 Å². The zero-order valence-corrected chi connectivity index (χ0v) is 8.78. The summed E-state index contributed by atoms with van der Waals surface area (Å²) in [7, 11) is 1.74. The number of carboxylic acids is 1. The van der Waals surface area contributed by atoms with Crippen LogP contribution in [0.15, 0.2) is 0 Å². The molecule has 14 heavy (non-hydrogen) atoms. The molecule has 1 aliphatic rings. The number of nitrogens with zero attached hydrogens (tertiary/aromatic N) is 2. The van der Waals surface area contributed by atoms with Crippen molar-refractivity contribution in [3.05, 3.63) is 0 Å². The Bertz CT molecular complexity index is 263. The second kappa shape index (κ2) is 3.57. The second-order valence-corrected chi connectivity index (χ2v) is 4.10. The van der Waals surface area contributed by atoms with Gasteiger partial charge >= 0.3 is 5.97 Å². The van der Waals surface area contributed by atoms with Gasteiger partial charge in [-0.3, -0.25) is 14.5 Å². The molecule has 0 aromatic rings. The van der Waals surface area contributed by atoms with E-state index in [9.17, 15) is 9.59 Å². The first kappa shape index (κ1) is 11.0. The lowest BCUT2D eigenvalue weighted by Gasteiger charge is -2.43. The Morgan fingerprint density at radius 2 is 2.07 bits per heavy atom. The van der Waals surface area contributed by atoms with Gasteiger partial charge < -0.3 is 10.0 Å². The van der Waals surface area contributed by atoms with E-state index in [2.05, 4.69) is 0 Å². The van der Waals surface area contributed by atoms with Crippen LogP contribution in [-0.4, -0.2) is 59.0 Å². The number of carboxylic acid groups (broad SMARTS) is 1. The molecule has 0 atom stereocenters. The molecule has 0 spiro atoms. The van der Waals surface area contributed by atoms with E-state index in [1.165, 1.54) is 0 Å². The molecular formula is C9H16N2O3. The molecule has 1 aliphatic heterocycles. The first-order chi connectivity index (χ1) is 6.35. The molecule has 0 unspecified atom stereocenters. The Morgan fingerprint density at radius 1 is 1.50 bits per heavy atom. The third-order valence-corrected chi connectivity index (χ3v) is 2.69. The fourth-order valence-corrected chi connectivity index (χ4v) is 1.69. The molecular weight excluding hydrogens is 184 g/mol. The van der Waals surface area contributed by atoms with Crippen molar-refractivity contribution in [1.82, 2.24) is 9.80 Å². The topological polar surface area (TPSA) is 60.9 Å². The molecule has 1 rings (SSSR count). The van der Waals surface area contributed by atoms with E-state index in [0.29, 0.717) is 13.1 Å². The number of piperazine rings is 1. The number of hydrogen-bond acceptors (Lipinski definition) is 3. The van der Waals surface area contributed by atoms with E-state index in [1.54, 1.807) is 30.7 Å². The molecule has 0 aromatic heterocycles. The molecule has 1 saturated heterocycles. The Labute approximate surface area is 83.3 Å². The maximum atomic E-state index is 11.7. The molecule has 0 saturated carbocycles. The van der Waals surface area contributed by atoms with E-state index in [-0.39, 0.29) is 12.5 Å². The fraction of sp³-hybridized carbons (Fsp3) is 0.778. The second-order valence-electron chi connectivity index (χ2n) is 4.10. The number of carbonyl (C=O) groups is 2. The van der Waals surface area contributed by atoms with Crippen LogP contribution in [0.25, 0.3) is 0 Å². The minimum atomic E-state index is -0.893. The molecule has 0 aromatic carbocycles. The van der Waals surface area contributed by atoms with E-state index >= 15 is 0 Å². The molecule has 5 heteroatoms. The minimum Gasteiger partial charge on any atom is -0.480 e. The van der Waals surface area contributed by atoms with Gasteiger partial charge in [0.2, 0.25) is 5.91 Å². The quantitative estimate of drug-likeness (QED) is 0.660. The highest BCUT2D eigenvalue weighted by molar-refractivity contribution is 5.86. The SMILES string of the molecule is CN1CCN(CC(=O)O)C(C)(C)C1=O. The summed E-state index contributed by atoms with van der Waals surface area (Å²) in [6.45, 7) is 4.64. The molecule has 1 fully saturated rings. The summed E-state index contributed by atoms with van der Waals surface area (Å²) in [6.07, 6.45) is 0. The normalized spacial score (nSPS) is 22.5. The third-order valence-electron chi connectivity index (χ3n) is 2.69. The molecule has 1 heterocycles. The summed E-state index contributed by atoms with van der Waals surface area (Å²) in [4.78, 5) is 25.6. The van der Waals surface area contributed by atoms with Crippen LogP contribution in [0.3, 0.4) is 0 Å². The van der Waals surface area contributed by atoms with Gasteiger partial charge in [0.15, 0.2) is 0 Å². The predicted molar refractivity (Wildman–Crippen MR) is 50.9 cm³/mol. The zero-order chi connectivity index (χ0) is 10.9. The van der Waals surface area contributed by atoms with Crippen LogP contribution < -0.4 is 0 Å². The van der Waals surface area contributed by atoms with Crippen LogP contribution in [0.2, 0.25) is 0 Å². The summed E-state index contributed by atoms with van der Waals surface area (Å²) < 4.78 is 0. The van der Waals surface area contributed by atoms with Gasteiger partial charge in [-0.05, 0) is 13.8 Å².